The fourth-order valence-electron chi connectivity index (χ4n) is 3.27. The highest BCUT2D eigenvalue weighted by Crippen LogP contribution is 2.30. The molecule has 0 aliphatic rings. The number of aromatic nitrogens is 1. The monoisotopic (exact) mass is 386 g/mol. The number of amides is 1. The molecule has 6 nitrogen and oxygen atoms in total. The molecular formula is C21H23FN2O4. The van der Waals surface area contributed by atoms with E-state index < -0.39 is 11.9 Å². The van der Waals surface area contributed by atoms with Crippen LogP contribution in [0.3, 0.4) is 0 Å². The Kier molecular flexibility index (Phi) is 5.56. The Morgan fingerprint density at radius 3 is 2.57 bits per heavy atom. The molecule has 1 aromatic heterocycles. The number of aryl methyl sites for hydroxylation is 1. The van der Waals surface area contributed by atoms with Crippen LogP contribution >= 0.6 is 0 Å². The maximum atomic E-state index is 13.7. The molecule has 0 bridgehead atoms. The number of aliphatic hydroxyl groups is 1. The number of methoxy groups -OCH3 is 2. The Labute approximate surface area is 162 Å². The molecule has 3 rings (SSSR count). The third-order valence-corrected chi connectivity index (χ3v) is 4.75. The van der Waals surface area contributed by atoms with Gasteiger partial charge in [-0.05, 0) is 42.8 Å². The van der Waals surface area contributed by atoms with Crippen molar-refractivity contribution in [2.75, 3.05) is 27.8 Å². The van der Waals surface area contributed by atoms with Gasteiger partial charge in [0, 0.05) is 23.6 Å². The lowest BCUT2D eigenvalue weighted by molar-refractivity contribution is 0.0682. The Balaban J connectivity index is 1.83. The fourth-order valence-corrected chi connectivity index (χ4v) is 3.27. The molecule has 0 saturated heterocycles. The molecule has 148 valence electrons. The number of H-pyrrole nitrogens is 1. The fraction of sp³-hybridized carbons (Fsp3) is 0.286. The third-order valence-electron chi connectivity index (χ3n) is 4.75. The lowest BCUT2D eigenvalue weighted by atomic mass is 10.1. The number of nitrogens with zero attached hydrogens (tertiary/aromatic N) is 1. The zero-order valence-corrected chi connectivity index (χ0v) is 16.2. The van der Waals surface area contributed by atoms with E-state index in [1.807, 2.05) is 0 Å². The van der Waals surface area contributed by atoms with Crippen LogP contribution in [0, 0.1) is 12.7 Å². The van der Waals surface area contributed by atoms with E-state index in [4.69, 9.17) is 9.47 Å². The van der Waals surface area contributed by atoms with E-state index in [1.165, 1.54) is 31.3 Å². The molecular weight excluding hydrogens is 363 g/mol. The van der Waals surface area contributed by atoms with E-state index in [9.17, 15) is 14.3 Å². The highest BCUT2D eigenvalue weighted by molar-refractivity contribution is 6.08. The van der Waals surface area contributed by atoms with Gasteiger partial charge in [-0.1, -0.05) is 6.07 Å². The van der Waals surface area contributed by atoms with E-state index in [-0.39, 0.29) is 12.5 Å². The molecule has 0 aliphatic heterocycles. The van der Waals surface area contributed by atoms with Crippen LogP contribution in [0.4, 0.5) is 4.39 Å². The maximum Gasteiger partial charge on any atom is 0.256 e. The van der Waals surface area contributed by atoms with Gasteiger partial charge in [0.1, 0.15) is 5.82 Å². The zero-order valence-electron chi connectivity index (χ0n) is 16.2. The second-order valence-electron chi connectivity index (χ2n) is 6.63. The number of aliphatic hydroxyl groups excluding tert-OH is 1. The minimum atomic E-state index is -0.920. The number of halogens is 1. The zero-order chi connectivity index (χ0) is 20.4. The van der Waals surface area contributed by atoms with Crippen LogP contribution in [0.25, 0.3) is 10.9 Å². The summed E-state index contributed by atoms with van der Waals surface area (Å²) in [6.45, 7) is 1.83. The number of fused-ring (bicyclic) bond motifs is 1. The maximum absolute atomic E-state index is 13.7. The van der Waals surface area contributed by atoms with Crippen LogP contribution in [0.5, 0.6) is 11.5 Å². The number of hydrogen-bond acceptors (Lipinski definition) is 4. The minimum absolute atomic E-state index is 0.0652. The topological polar surface area (TPSA) is 74.8 Å². The number of carbonyl (C=O) groups excluding carboxylic acids is 1. The number of hydrogen-bond donors (Lipinski definition) is 2. The van der Waals surface area contributed by atoms with Gasteiger partial charge in [0.25, 0.3) is 5.91 Å². The molecule has 2 aromatic carbocycles. The molecule has 1 unspecified atom stereocenters. The predicted octanol–water partition coefficient (Wildman–Crippen LogP) is 3.44. The smallest absolute Gasteiger partial charge is 0.256 e. The van der Waals surface area contributed by atoms with Gasteiger partial charge in [-0.3, -0.25) is 4.79 Å². The first-order chi connectivity index (χ1) is 13.3. The molecule has 1 amide bonds. The van der Waals surface area contributed by atoms with Crippen LogP contribution in [0.1, 0.15) is 27.7 Å². The second-order valence-corrected chi connectivity index (χ2v) is 6.63. The molecule has 0 spiro atoms. The Morgan fingerprint density at radius 2 is 1.89 bits per heavy atom. The molecule has 2 N–H and O–H groups in total. The van der Waals surface area contributed by atoms with Gasteiger partial charge >= 0.3 is 0 Å². The van der Waals surface area contributed by atoms with Gasteiger partial charge in [0.2, 0.25) is 0 Å². The van der Waals surface area contributed by atoms with Crippen LogP contribution in [0.15, 0.2) is 36.4 Å². The highest BCUT2D eigenvalue weighted by Gasteiger charge is 2.22. The van der Waals surface area contributed by atoms with Crippen molar-refractivity contribution >= 4 is 16.8 Å². The highest BCUT2D eigenvalue weighted by atomic mass is 19.1. The summed E-state index contributed by atoms with van der Waals surface area (Å²) >= 11 is 0. The first kappa shape index (κ1) is 19.7. The Bertz CT molecular complexity index is 1020. The van der Waals surface area contributed by atoms with Crippen molar-refractivity contribution in [2.45, 2.75) is 13.0 Å². The molecule has 1 heterocycles. The summed E-state index contributed by atoms with van der Waals surface area (Å²) in [6.07, 6.45) is -0.920. The van der Waals surface area contributed by atoms with Gasteiger partial charge in [0.15, 0.2) is 11.5 Å². The van der Waals surface area contributed by atoms with Crippen LogP contribution in [-0.4, -0.2) is 48.7 Å². The molecule has 0 radical (unpaired) electrons. The van der Waals surface area contributed by atoms with Crippen molar-refractivity contribution in [3.8, 4) is 11.5 Å². The van der Waals surface area contributed by atoms with Crippen molar-refractivity contribution in [2.24, 2.45) is 0 Å². The normalized spacial score (nSPS) is 12.1. The minimum Gasteiger partial charge on any atom is -0.493 e. The van der Waals surface area contributed by atoms with E-state index in [0.717, 1.165) is 0 Å². The number of aromatic amines is 1. The Morgan fingerprint density at radius 1 is 1.18 bits per heavy atom. The third kappa shape index (κ3) is 3.66. The number of rotatable bonds is 6. The molecule has 3 aromatic rings. The van der Waals surface area contributed by atoms with Crippen LogP contribution < -0.4 is 9.47 Å². The van der Waals surface area contributed by atoms with Gasteiger partial charge in [-0.25, -0.2) is 4.39 Å². The average molecular weight is 386 g/mol. The van der Waals surface area contributed by atoms with E-state index >= 15 is 0 Å². The number of nitrogens with one attached hydrogen (secondary N) is 1. The van der Waals surface area contributed by atoms with Gasteiger partial charge in [-0.15, -0.1) is 0 Å². The molecule has 1 atom stereocenters. The lowest BCUT2D eigenvalue weighted by Gasteiger charge is -2.22. The molecule has 0 fully saturated rings. The van der Waals surface area contributed by atoms with Crippen molar-refractivity contribution in [3.05, 3.63) is 59.0 Å². The van der Waals surface area contributed by atoms with E-state index in [1.54, 1.807) is 38.2 Å². The van der Waals surface area contributed by atoms with E-state index in [0.29, 0.717) is 39.2 Å². The summed E-state index contributed by atoms with van der Waals surface area (Å²) in [7, 11) is 4.65. The summed E-state index contributed by atoms with van der Waals surface area (Å²) in [5.41, 5.74) is 2.34. The van der Waals surface area contributed by atoms with Crippen molar-refractivity contribution < 1.29 is 23.8 Å². The summed E-state index contributed by atoms with van der Waals surface area (Å²) in [6, 6.07) is 9.38. The summed E-state index contributed by atoms with van der Waals surface area (Å²) in [5.74, 6) is 0.345. The van der Waals surface area contributed by atoms with Crippen LogP contribution in [-0.2, 0) is 0 Å². The molecule has 28 heavy (non-hydrogen) atoms. The first-order valence-electron chi connectivity index (χ1n) is 8.79. The van der Waals surface area contributed by atoms with Gasteiger partial charge < -0.3 is 24.5 Å². The van der Waals surface area contributed by atoms with Crippen molar-refractivity contribution in [1.29, 1.82) is 0 Å². The summed E-state index contributed by atoms with van der Waals surface area (Å²) < 4.78 is 24.1. The standard InChI is InChI=1S/C21H23FN2O4/c1-12-20(15-10-14(22)6-7-16(15)23-12)21(26)24(2)11-17(25)13-5-8-18(27-3)19(9-13)28-4/h5-10,17,23,25H,11H2,1-4H3. The predicted molar refractivity (Wildman–Crippen MR) is 104 cm³/mol. The lowest BCUT2D eigenvalue weighted by Crippen LogP contribution is -2.31. The molecule has 0 saturated carbocycles. The second kappa shape index (κ2) is 7.90. The van der Waals surface area contributed by atoms with E-state index in [2.05, 4.69) is 4.98 Å². The largest absolute Gasteiger partial charge is 0.493 e. The number of likely N-dealkylation sites (N-methyl/N-ethyl adjacent to an activating group) is 1. The van der Waals surface area contributed by atoms with Gasteiger partial charge in [-0.2, -0.15) is 0 Å². The van der Waals surface area contributed by atoms with Crippen molar-refractivity contribution in [1.82, 2.24) is 9.88 Å². The van der Waals surface area contributed by atoms with Crippen LogP contribution in [0.2, 0.25) is 0 Å². The number of carbonyl (C=O) groups is 1. The average Bonchev–Trinajstić information content (AvgIpc) is 3.01. The molecule has 7 heteroatoms. The SMILES string of the molecule is COc1ccc(C(O)CN(C)C(=O)c2c(C)[nH]c3ccc(F)cc23)cc1OC. The Hall–Kier alpha value is -3.06. The van der Waals surface area contributed by atoms with Gasteiger partial charge in [0.05, 0.1) is 32.4 Å². The first-order valence-corrected chi connectivity index (χ1v) is 8.79. The quantitative estimate of drug-likeness (QED) is 0.681. The summed E-state index contributed by atoms with van der Waals surface area (Å²) in [4.78, 5) is 17.5. The number of benzene rings is 2. The van der Waals surface area contributed by atoms with Crippen molar-refractivity contribution in [3.63, 3.8) is 0 Å². The number of ether oxygens (including phenoxy) is 2. The molecule has 0 aliphatic carbocycles. The summed E-state index contributed by atoms with van der Waals surface area (Å²) in [5, 5.41) is 11.1.